The zero-order valence-electron chi connectivity index (χ0n) is 12.9. The fourth-order valence-corrected chi connectivity index (χ4v) is 3.45. The van der Waals surface area contributed by atoms with Gasteiger partial charge in [0.15, 0.2) is 0 Å². The third-order valence-corrected chi connectivity index (χ3v) is 4.79. The van der Waals surface area contributed by atoms with Gasteiger partial charge in [0, 0.05) is 5.70 Å². The van der Waals surface area contributed by atoms with Gasteiger partial charge in [0.25, 0.3) is 0 Å². The molecule has 2 aliphatic carbocycles. The summed E-state index contributed by atoms with van der Waals surface area (Å²) in [7, 11) is 0. The molecule has 20 heavy (non-hydrogen) atoms. The Morgan fingerprint density at radius 1 is 1.35 bits per heavy atom. The number of benzene rings is 1. The van der Waals surface area contributed by atoms with Crippen molar-refractivity contribution in [1.82, 2.24) is 0 Å². The van der Waals surface area contributed by atoms with Crippen LogP contribution in [0.2, 0.25) is 0 Å². The van der Waals surface area contributed by atoms with Crippen LogP contribution in [0.3, 0.4) is 0 Å². The molecule has 1 aromatic carbocycles. The van der Waals surface area contributed by atoms with Gasteiger partial charge in [0.05, 0.1) is 0 Å². The van der Waals surface area contributed by atoms with Crippen molar-refractivity contribution in [1.29, 1.82) is 0 Å². The Kier molecular flexibility index (Phi) is 3.24. The Bertz CT molecular complexity index is 603. The van der Waals surface area contributed by atoms with E-state index < -0.39 is 0 Å². The number of fused-ring (bicyclic) bond motifs is 1. The van der Waals surface area contributed by atoms with Crippen molar-refractivity contribution in [3.8, 4) is 0 Å². The predicted molar refractivity (Wildman–Crippen MR) is 87.3 cm³/mol. The Labute approximate surface area is 122 Å². The van der Waals surface area contributed by atoms with Gasteiger partial charge in [-0.1, -0.05) is 25.1 Å². The molecular weight excluding hydrogens is 242 g/mol. The van der Waals surface area contributed by atoms with Gasteiger partial charge in [-0.2, -0.15) is 0 Å². The predicted octanol–water partition coefficient (Wildman–Crippen LogP) is 4.47. The van der Waals surface area contributed by atoms with Crippen LogP contribution in [-0.2, 0) is 12.8 Å². The highest BCUT2D eigenvalue weighted by atomic mass is 14.6. The molecule has 1 atom stereocenters. The van der Waals surface area contributed by atoms with Crippen LogP contribution in [0, 0.1) is 18.8 Å². The molecule has 2 N–H and O–H groups in total. The molecule has 1 heteroatoms. The molecule has 1 fully saturated rings. The summed E-state index contributed by atoms with van der Waals surface area (Å²) >= 11 is 0. The summed E-state index contributed by atoms with van der Waals surface area (Å²) in [6, 6.07) is 2.36. The fraction of sp³-hybridized carbons (Fsp3) is 0.474. The highest BCUT2D eigenvalue weighted by Gasteiger charge is 2.26. The van der Waals surface area contributed by atoms with Gasteiger partial charge in [0.2, 0.25) is 0 Å². The Balaban J connectivity index is 2.14. The van der Waals surface area contributed by atoms with Crippen LogP contribution in [0.4, 0.5) is 0 Å². The second-order valence-corrected chi connectivity index (χ2v) is 6.81. The molecular formula is C19H25N. The summed E-state index contributed by atoms with van der Waals surface area (Å²) in [5.74, 6) is 1.39. The van der Waals surface area contributed by atoms with Gasteiger partial charge in [-0.25, -0.2) is 0 Å². The second-order valence-electron chi connectivity index (χ2n) is 6.81. The van der Waals surface area contributed by atoms with Crippen molar-refractivity contribution in [2.45, 2.75) is 46.5 Å². The van der Waals surface area contributed by atoms with Crippen LogP contribution in [0.1, 0.15) is 54.5 Å². The minimum absolute atomic E-state index is 0.625. The first kappa shape index (κ1) is 13.5. The van der Waals surface area contributed by atoms with Crippen molar-refractivity contribution in [3.63, 3.8) is 0 Å². The molecule has 3 rings (SSSR count). The van der Waals surface area contributed by atoms with Crippen LogP contribution in [0.5, 0.6) is 0 Å². The zero-order chi connectivity index (χ0) is 14.4. The minimum Gasteiger partial charge on any atom is -0.402 e. The van der Waals surface area contributed by atoms with E-state index in [1.54, 1.807) is 5.56 Å². The minimum atomic E-state index is 0.625. The van der Waals surface area contributed by atoms with Crippen molar-refractivity contribution in [3.05, 3.63) is 46.2 Å². The van der Waals surface area contributed by atoms with E-state index >= 15 is 0 Å². The van der Waals surface area contributed by atoms with E-state index in [-0.39, 0.29) is 0 Å². The Morgan fingerprint density at radius 2 is 2.05 bits per heavy atom. The van der Waals surface area contributed by atoms with E-state index in [0.29, 0.717) is 5.92 Å². The lowest BCUT2D eigenvalue weighted by atomic mass is 9.90. The zero-order valence-corrected chi connectivity index (χ0v) is 12.9. The molecule has 0 radical (unpaired) electrons. The quantitative estimate of drug-likeness (QED) is 0.859. The van der Waals surface area contributed by atoms with Crippen molar-refractivity contribution in [2.75, 3.05) is 0 Å². The Hall–Kier alpha value is -1.50. The number of hydrogen-bond acceptors (Lipinski definition) is 1. The normalized spacial score (nSPS) is 21.9. The van der Waals surface area contributed by atoms with Crippen LogP contribution >= 0.6 is 0 Å². The highest BCUT2D eigenvalue weighted by molar-refractivity contribution is 5.76. The molecule has 0 amide bonds. The number of rotatable bonds is 3. The molecule has 1 aromatic rings. The fourth-order valence-electron chi connectivity index (χ4n) is 3.45. The summed E-state index contributed by atoms with van der Waals surface area (Å²) < 4.78 is 0. The number of nitrogens with two attached hydrogens (primary N) is 1. The topological polar surface area (TPSA) is 26.0 Å². The molecule has 1 unspecified atom stereocenters. The number of allylic oxidation sites excluding steroid dienone is 2. The first-order valence-corrected chi connectivity index (χ1v) is 7.75. The summed E-state index contributed by atoms with van der Waals surface area (Å²) in [6.45, 7) is 10.9. The maximum absolute atomic E-state index is 6.25. The van der Waals surface area contributed by atoms with Crippen LogP contribution in [0.25, 0.3) is 11.6 Å². The monoisotopic (exact) mass is 267 g/mol. The number of hydrogen-bond donors (Lipinski definition) is 1. The molecule has 0 bridgehead atoms. The van der Waals surface area contributed by atoms with Crippen molar-refractivity contribution < 1.29 is 0 Å². The average Bonchev–Trinajstić information content (AvgIpc) is 3.15. The largest absolute Gasteiger partial charge is 0.402 e. The third kappa shape index (κ3) is 2.30. The van der Waals surface area contributed by atoms with Crippen LogP contribution in [0.15, 0.2) is 18.3 Å². The van der Waals surface area contributed by atoms with E-state index in [1.165, 1.54) is 47.9 Å². The van der Waals surface area contributed by atoms with E-state index in [9.17, 15) is 0 Å². The van der Waals surface area contributed by atoms with Gasteiger partial charge in [-0.3, -0.25) is 0 Å². The van der Waals surface area contributed by atoms with E-state index in [2.05, 4.69) is 39.5 Å². The molecule has 0 aliphatic heterocycles. The molecule has 0 aromatic heterocycles. The lowest BCUT2D eigenvalue weighted by Crippen LogP contribution is -2.02. The molecule has 106 valence electrons. The van der Waals surface area contributed by atoms with Gasteiger partial charge in [-0.05, 0) is 85.3 Å². The first-order chi connectivity index (χ1) is 9.47. The highest BCUT2D eigenvalue weighted by Crippen LogP contribution is 2.38. The van der Waals surface area contributed by atoms with Gasteiger partial charge in [-0.15, -0.1) is 0 Å². The Morgan fingerprint density at radius 3 is 2.65 bits per heavy atom. The molecule has 0 saturated heterocycles. The van der Waals surface area contributed by atoms with Crippen molar-refractivity contribution in [2.24, 2.45) is 17.6 Å². The van der Waals surface area contributed by atoms with Gasteiger partial charge in [0.1, 0.15) is 0 Å². The second kappa shape index (κ2) is 4.80. The first-order valence-electron chi connectivity index (χ1n) is 7.75. The lowest BCUT2D eigenvalue weighted by Gasteiger charge is -2.15. The SMILES string of the molecule is C=C(C)c1cc2c(c(C)c1/C=C(\N)C1CC1)CC(C)C2. The summed E-state index contributed by atoms with van der Waals surface area (Å²) in [4.78, 5) is 0. The van der Waals surface area contributed by atoms with E-state index in [1.807, 2.05) is 0 Å². The smallest absolute Gasteiger partial charge is 0.0118 e. The van der Waals surface area contributed by atoms with Crippen LogP contribution in [-0.4, -0.2) is 0 Å². The maximum Gasteiger partial charge on any atom is 0.0118 e. The third-order valence-electron chi connectivity index (χ3n) is 4.79. The van der Waals surface area contributed by atoms with E-state index in [4.69, 9.17) is 5.73 Å². The average molecular weight is 267 g/mol. The van der Waals surface area contributed by atoms with Crippen LogP contribution < -0.4 is 5.73 Å². The standard InChI is InChI=1S/C19H25N/c1-11(2)16-9-15-7-12(3)8-17(15)13(4)18(16)10-19(20)14-5-6-14/h9-10,12,14H,1,5-8,20H2,2-4H3/b19-10-. The van der Waals surface area contributed by atoms with Gasteiger partial charge < -0.3 is 5.73 Å². The molecule has 2 aliphatic rings. The summed E-state index contributed by atoms with van der Waals surface area (Å²) in [5, 5.41) is 0. The molecule has 1 saturated carbocycles. The molecule has 0 heterocycles. The summed E-state index contributed by atoms with van der Waals surface area (Å²) in [5.41, 5.74) is 15.6. The maximum atomic E-state index is 6.25. The molecule has 1 nitrogen and oxygen atoms in total. The lowest BCUT2D eigenvalue weighted by molar-refractivity contribution is 0.627. The van der Waals surface area contributed by atoms with Crippen molar-refractivity contribution >= 4 is 11.6 Å². The van der Waals surface area contributed by atoms with E-state index in [0.717, 1.165) is 17.2 Å². The van der Waals surface area contributed by atoms with Gasteiger partial charge >= 0.3 is 0 Å². The summed E-state index contributed by atoms with van der Waals surface area (Å²) in [6.07, 6.45) is 7.15. The molecule has 0 spiro atoms.